The second-order valence-electron chi connectivity index (χ2n) is 3.35. The van der Waals surface area contributed by atoms with Crippen molar-refractivity contribution >= 4 is 15.9 Å². The third-order valence-electron chi connectivity index (χ3n) is 2.07. The maximum atomic E-state index is 3.45. The van der Waals surface area contributed by atoms with Crippen molar-refractivity contribution in [2.75, 3.05) is 5.33 Å². The van der Waals surface area contributed by atoms with Crippen molar-refractivity contribution in [3.63, 3.8) is 0 Å². The Morgan fingerprint density at radius 3 is 2.54 bits per heavy atom. The number of alkyl halides is 1. The van der Waals surface area contributed by atoms with E-state index in [1.165, 1.54) is 11.1 Å². The van der Waals surface area contributed by atoms with Gasteiger partial charge in [0.15, 0.2) is 0 Å². The van der Waals surface area contributed by atoms with Crippen LogP contribution in [0.1, 0.15) is 25.3 Å². The molecule has 70 valence electrons. The molecule has 1 aromatic carbocycles. The number of allylic oxidation sites excluding steroid dienone is 2. The van der Waals surface area contributed by atoms with E-state index < -0.39 is 0 Å². The first-order valence-corrected chi connectivity index (χ1v) is 5.64. The van der Waals surface area contributed by atoms with Gasteiger partial charge >= 0.3 is 0 Å². The third kappa shape index (κ3) is 3.35. The summed E-state index contributed by atoms with van der Waals surface area (Å²) in [5, 5.41) is 0.962. The van der Waals surface area contributed by atoms with Crippen LogP contribution in [0.25, 0.3) is 0 Å². The van der Waals surface area contributed by atoms with Crippen molar-refractivity contribution in [1.82, 2.24) is 0 Å². The van der Waals surface area contributed by atoms with Gasteiger partial charge in [0.05, 0.1) is 0 Å². The van der Waals surface area contributed by atoms with Crippen molar-refractivity contribution in [1.29, 1.82) is 0 Å². The molecule has 0 aliphatic carbocycles. The lowest BCUT2D eigenvalue weighted by Gasteiger charge is -2.07. The topological polar surface area (TPSA) is 0 Å². The van der Waals surface area contributed by atoms with Crippen molar-refractivity contribution < 1.29 is 0 Å². The largest absolute Gasteiger partial charge is 0.0880 e. The van der Waals surface area contributed by atoms with Crippen molar-refractivity contribution in [2.45, 2.75) is 19.8 Å². The molecule has 1 aromatic rings. The molecule has 0 bridgehead atoms. The Labute approximate surface area is 88.8 Å². The zero-order valence-corrected chi connectivity index (χ0v) is 9.71. The Kier molecular flexibility index (Phi) is 4.23. The predicted molar refractivity (Wildman–Crippen MR) is 62.4 cm³/mol. The Bertz CT molecular complexity index is 274. The van der Waals surface area contributed by atoms with E-state index >= 15 is 0 Å². The first-order chi connectivity index (χ1) is 6.24. The molecular formula is C12H15Br. The highest BCUT2D eigenvalue weighted by molar-refractivity contribution is 9.09. The van der Waals surface area contributed by atoms with E-state index in [1.807, 2.05) is 0 Å². The molecule has 0 saturated carbocycles. The molecule has 1 rings (SSSR count). The van der Waals surface area contributed by atoms with Gasteiger partial charge in [-0.2, -0.15) is 0 Å². The van der Waals surface area contributed by atoms with E-state index in [0.29, 0.717) is 5.92 Å². The molecule has 1 heteroatoms. The number of hydrogen-bond acceptors (Lipinski definition) is 0. The van der Waals surface area contributed by atoms with Gasteiger partial charge in [-0.15, -0.1) is 0 Å². The minimum absolute atomic E-state index is 0.513. The maximum Gasteiger partial charge on any atom is 0.0239 e. The van der Waals surface area contributed by atoms with Crippen LogP contribution in [0.5, 0.6) is 0 Å². The zero-order chi connectivity index (χ0) is 9.68. The Morgan fingerprint density at radius 1 is 1.38 bits per heavy atom. The van der Waals surface area contributed by atoms with Crippen LogP contribution in [0, 0.1) is 0 Å². The minimum atomic E-state index is 0.513. The van der Waals surface area contributed by atoms with Gasteiger partial charge in [-0.1, -0.05) is 64.8 Å². The molecule has 0 aromatic heterocycles. The number of halogens is 1. The van der Waals surface area contributed by atoms with Gasteiger partial charge in [-0.05, 0) is 18.4 Å². The monoisotopic (exact) mass is 238 g/mol. The van der Waals surface area contributed by atoms with E-state index in [1.54, 1.807) is 0 Å². The van der Waals surface area contributed by atoms with Crippen molar-refractivity contribution in [2.24, 2.45) is 0 Å². The molecule has 0 saturated heterocycles. The molecular weight excluding hydrogens is 224 g/mol. The maximum absolute atomic E-state index is 3.45. The number of benzene rings is 1. The van der Waals surface area contributed by atoms with Crippen LogP contribution in [0.15, 0.2) is 42.0 Å². The molecule has 0 nitrogen and oxygen atoms in total. The Balaban J connectivity index is 2.75. The van der Waals surface area contributed by atoms with Crippen molar-refractivity contribution in [3.05, 3.63) is 47.5 Å². The summed E-state index contributed by atoms with van der Waals surface area (Å²) in [5.74, 6) is 0.513. The SMILES string of the molecule is C/C(=C/C(C)c1ccccc1)CBr. The molecule has 0 aliphatic rings. The molecule has 0 aliphatic heterocycles. The summed E-state index contributed by atoms with van der Waals surface area (Å²) < 4.78 is 0. The molecule has 0 radical (unpaired) electrons. The van der Waals surface area contributed by atoms with Gasteiger partial charge in [0.25, 0.3) is 0 Å². The van der Waals surface area contributed by atoms with Crippen molar-refractivity contribution in [3.8, 4) is 0 Å². The first kappa shape index (κ1) is 10.5. The molecule has 1 atom stereocenters. The summed E-state index contributed by atoms with van der Waals surface area (Å²) in [4.78, 5) is 0. The van der Waals surface area contributed by atoms with E-state index in [0.717, 1.165) is 5.33 Å². The molecule has 0 heterocycles. The summed E-state index contributed by atoms with van der Waals surface area (Å²) in [6.45, 7) is 4.37. The highest BCUT2D eigenvalue weighted by Crippen LogP contribution is 2.18. The van der Waals surface area contributed by atoms with Crippen LogP contribution >= 0.6 is 15.9 Å². The van der Waals surface area contributed by atoms with Crippen LogP contribution in [-0.4, -0.2) is 5.33 Å². The standard InChI is InChI=1S/C12H15Br/c1-10(9-13)8-11(2)12-6-4-3-5-7-12/h3-8,11H,9H2,1-2H3/b10-8-. The lowest BCUT2D eigenvalue weighted by atomic mass is 9.99. The molecule has 0 fully saturated rings. The average Bonchev–Trinajstić information content (AvgIpc) is 2.19. The fourth-order valence-electron chi connectivity index (χ4n) is 1.32. The van der Waals surface area contributed by atoms with E-state index in [4.69, 9.17) is 0 Å². The Hall–Kier alpha value is -0.560. The lowest BCUT2D eigenvalue weighted by Crippen LogP contribution is -1.90. The quantitative estimate of drug-likeness (QED) is 0.549. The normalized spacial score (nSPS) is 14.2. The van der Waals surface area contributed by atoms with Crippen LogP contribution in [0.3, 0.4) is 0 Å². The van der Waals surface area contributed by atoms with E-state index in [2.05, 4.69) is 66.2 Å². The second kappa shape index (κ2) is 5.23. The molecule has 13 heavy (non-hydrogen) atoms. The van der Waals surface area contributed by atoms with Gasteiger partial charge in [-0.3, -0.25) is 0 Å². The second-order valence-corrected chi connectivity index (χ2v) is 3.91. The number of hydrogen-bond donors (Lipinski definition) is 0. The van der Waals surface area contributed by atoms with Crippen LogP contribution in [0.4, 0.5) is 0 Å². The van der Waals surface area contributed by atoms with Crippen LogP contribution in [0.2, 0.25) is 0 Å². The van der Waals surface area contributed by atoms with Gasteiger partial charge in [0, 0.05) is 5.33 Å². The summed E-state index contributed by atoms with van der Waals surface area (Å²) in [7, 11) is 0. The zero-order valence-electron chi connectivity index (χ0n) is 8.13. The highest BCUT2D eigenvalue weighted by atomic mass is 79.9. The molecule has 0 spiro atoms. The smallest absolute Gasteiger partial charge is 0.0239 e. The summed E-state index contributed by atoms with van der Waals surface area (Å²) in [6, 6.07) is 10.6. The predicted octanol–water partition coefficient (Wildman–Crippen LogP) is 4.13. The summed E-state index contributed by atoms with van der Waals surface area (Å²) in [6.07, 6.45) is 2.30. The van der Waals surface area contributed by atoms with Gasteiger partial charge in [-0.25, -0.2) is 0 Å². The van der Waals surface area contributed by atoms with Gasteiger partial charge in [0.1, 0.15) is 0 Å². The third-order valence-corrected chi connectivity index (χ3v) is 2.96. The highest BCUT2D eigenvalue weighted by Gasteiger charge is 2.00. The van der Waals surface area contributed by atoms with Gasteiger partial charge in [0.2, 0.25) is 0 Å². The average molecular weight is 239 g/mol. The minimum Gasteiger partial charge on any atom is -0.0880 e. The number of rotatable bonds is 3. The molecule has 1 unspecified atom stereocenters. The lowest BCUT2D eigenvalue weighted by molar-refractivity contribution is 0.954. The first-order valence-electron chi connectivity index (χ1n) is 4.52. The fourth-order valence-corrected chi connectivity index (χ4v) is 1.51. The Morgan fingerprint density at radius 2 is 2.00 bits per heavy atom. The van der Waals surface area contributed by atoms with Crippen LogP contribution in [-0.2, 0) is 0 Å². The fraction of sp³-hybridized carbons (Fsp3) is 0.333. The van der Waals surface area contributed by atoms with E-state index in [-0.39, 0.29) is 0 Å². The van der Waals surface area contributed by atoms with Crippen LogP contribution < -0.4 is 0 Å². The molecule has 0 N–H and O–H groups in total. The summed E-state index contributed by atoms with van der Waals surface area (Å²) in [5.41, 5.74) is 2.76. The molecule has 0 amide bonds. The van der Waals surface area contributed by atoms with E-state index in [9.17, 15) is 0 Å². The summed E-state index contributed by atoms with van der Waals surface area (Å²) >= 11 is 3.45. The van der Waals surface area contributed by atoms with Gasteiger partial charge < -0.3 is 0 Å².